The van der Waals surface area contributed by atoms with Crippen molar-refractivity contribution in [3.8, 4) is 0 Å². The molecule has 1 saturated heterocycles. The van der Waals surface area contributed by atoms with Crippen LogP contribution in [0.1, 0.15) is 25.3 Å². The second-order valence-electron chi connectivity index (χ2n) is 4.85. The van der Waals surface area contributed by atoms with E-state index in [-0.39, 0.29) is 0 Å². The van der Waals surface area contributed by atoms with E-state index in [9.17, 15) is 0 Å². The zero-order chi connectivity index (χ0) is 13.0. The Labute approximate surface area is 123 Å². The van der Waals surface area contributed by atoms with Crippen molar-refractivity contribution in [3.63, 3.8) is 0 Å². The Balaban J connectivity index is 1.89. The number of halogens is 2. The van der Waals surface area contributed by atoms with E-state index in [0.717, 1.165) is 29.1 Å². The highest BCUT2D eigenvalue weighted by Gasteiger charge is 2.18. The average molecular weight is 332 g/mol. The Kier molecular flexibility index (Phi) is 5.49. The van der Waals surface area contributed by atoms with Gasteiger partial charge in [0.2, 0.25) is 0 Å². The zero-order valence-electron chi connectivity index (χ0n) is 10.8. The van der Waals surface area contributed by atoms with Crippen LogP contribution in [0.25, 0.3) is 0 Å². The van der Waals surface area contributed by atoms with Crippen molar-refractivity contribution < 1.29 is 0 Å². The van der Waals surface area contributed by atoms with Crippen LogP contribution >= 0.6 is 27.5 Å². The van der Waals surface area contributed by atoms with Gasteiger partial charge in [-0.05, 0) is 49.7 Å². The van der Waals surface area contributed by atoms with Gasteiger partial charge >= 0.3 is 0 Å². The molecule has 1 aliphatic rings. The number of likely N-dealkylation sites (tertiary alicyclic amines) is 1. The molecule has 18 heavy (non-hydrogen) atoms. The Hall–Kier alpha value is -0.0900. The van der Waals surface area contributed by atoms with Crippen LogP contribution in [-0.2, 0) is 6.54 Å². The summed E-state index contributed by atoms with van der Waals surface area (Å²) < 4.78 is 1.13. The molecule has 2 rings (SSSR count). The van der Waals surface area contributed by atoms with Crippen molar-refractivity contribution in [2.24, 2.45) is 0 Å². The number of likely N-dealkylation sites (N-methyl/N-ethyl adjacent to an activating group) is 1. The van der Waals surface area contributed by atoms with Crippen LogP contribution in [0.15, 0.2) is 22.7 Å². The molecule has 0 amide bonds. The number of piperidine rings is 1. The summed E-state index contributed by atoms with van der Waals surface area (Å²) in [6, 6.07) is 6.55. The largest absolute Gasteiger partial charge is 0.309 e. The molecule has 1 unspecified atom stereocenters. The molecule has 100 valence electrons. The van der Waals surface area contributed by atoms with Gasteiger partial charge in [-0.25, -0.2) is 0 Å². The van der Waals surface area contributed by atoms with Crippen molar-refractivity contribution in [2.75, 3.05) is 19.6 Å². The lowest BCUT2D eigenvalue weighted by atomic mass is 10.1. The Bertz CT molecular complexity index is 397. The molecule has 0 bridgehead atoms. The highest BCUT2D eigenvalue weighted by atomic mass is 79.9. The minimum absolute atomic E-state index is 0.601. The third-order valence-corrected chi connectivity index (χ3v) is 4.55. The smallest absolute Gasteiger partial charge is 0.0410 e. The summed E-state index contributed by atoms with van der Waals surface area (Å²) in [7, 11) is 0. The molecule has 0 aliphatic carbocycles. The van der Waals surface area contributed by atoms with Gasteiger partial charge in [0.05, 0.1) is 0 Å². The molecule has 1 heterocycles. The quantitative estimate of drug-likeness (QED) is 0.905. The van der Waals surface area contributed by atoms with Gasteiger partial charge in [-0.15, -0.1) is 0 Å². The summed E-state index contributed by atoms with van der Waals surface area (Å²) in [5.74, 6) is 0. The van der Waals surface area contributed by atoms with Crippen LogP contribution in [0.4, 0.5) is 0 Å². The van der Waals surface area contributed by atoms with E-state index in [1.165, 1.54) is 24.9 Å². The lowest BCUT2D eigenvalue weighted by Gasteiger charge is -2.32. The maximum atomic E-state index is 6.03. The highest BCUT2D eigenvalue weighted by molar-refractivity contribution is 9.10. The summed E-state index contributed by atoms with van der Waals surface area (Å²) in [5, 5.41) is 4.44. The van der Waals surface area contributed by atoms with Crippen molar-refractivity contribution in [1.82, 2.24) is 10.2 Å². The van der Waals surface area contributed by atoms with Gasteiger partial charge < -0.3 is 10.2 Å². The molecule has 1 aromatic carbocycles. The van der Waals surface area contributed by atoms with Gasteiger partial charge in [0.1, 0.15) is 0 Å². The topological polar surface area (TPSA) is 15.3 Å². The third kappa shape index (κ3) is 3.95. The molecule has 1 atom stereocenters. The lowest BCUT2D eigenvalue weighted by molar-refractivity contribution is 0.198. The normalized spacial score (nSPS) is 21.2. The van der Waals surface area contributed by atoms with Gasteiger partial charge in [-0.2, -0.15) is 0 Å². The van der Waals surface area contributed by atoms with Gasteiger partial charge in [0.25, 0.3) is 0 Å². The van der Waals surface area contributed by atoms with Crippen molar-refractivity contribution in [2.45, 2.75) is 32.4 Å². The fourth-order valence-corrected chi connectivity index (χ4v) is 3.02. The van der Waals surface area contributed by atoms with Gasteiger partial charge in [0, 0.05) is 28.6 Å². The summed E-state index contributed by atoms with van der Waals surface area (Å²) in [5.41, 5.74) is 1.23. The van der Waals surface area contributed by atoms with E-state index in [0.29, 0.717) is 6.04 Å². The van der Waals surface area contributed by atoms with E-state index in [1.807, 2.05) is 18.2 Å². The molecule has 1 aromatic rings. The Morgan fingerprint density at radius 2 is 2.33 bits per heavy atom. The van der Waals surface area contributed by atoms with Gasteiger partial charge in [-0.1, -0.05) is 34.5 Å². The molecule has 0 aromatic heterocycles. The van der Waals surface area contributed by atoms with E-state index in [4.69, 9.17) is 11.6 Å². The second kappa shape index (κ2) is 6.90. The van der Waals surface area contributed by atoms with E-state index >= 15 is 0 Å². The number of hydrogen-bond acceptors (Lipinski definition) is 2. The first-order chi connectivity index (χ1) is 8.69. The van der Waals surface area contributed by atoms with Crippen molar-refractivity contribution in [3.05, 3.63) is 33.3 Å². The molecular formula is C14H20BrClN2. The van der Waals surface area contributed by atoms with E-state index in [2.05, 4.69) is 33.1 Å². The molecule has 1 aliphatic heterocycles. The average Bonchev–Trinajstić information content (AvgIpc) is 2.40. The molecule has 2 nitrogen and oxygen atoms in total. The summed E-state index contributed by atoms with van der Waals surface area (Å²) in [6.45, 7) is 6.67. The van der Waals surface area contributed by atoms with Crippen LogP contribution in [-0.4, -0.2) is 30.6 Å². The minimum atomic E-state index is 0.601. The maximum Gasteiger partial charge on any atom is 0.0410 e. The molecule has 1 N–H and O–H groups in total. The fraction of sp³-hybridized carbons (Fsp3) is 0.571. The van der Waals surface area contributed by atoms with Crippen molar-refractivity contribution >= 4 is 27.5 Å². The van der Waals surface area contributed by atoms with Gasteiger partial charge in [-0.3, -0.25) is 0 Å². The van der Waals surface area contributed by atoms with Crippen LogP contribution in [0.2, 0.25) is 5.02 Å². The standard InChI is InChI=1S/C14H20BrClN2/c1-2-18-7-3-4-13(10-18)17-9-11-8-12(16)5-6-14(11)15/h5-6,8,13,17H,2-4,7,9-10H2,1H3. The molecule has 1 fully saturated rings. The molecular weight excluding hydrogens is 312 g/mol. The highest BCUT2D eigenvalue weighted by Crippen LogP contribution is 2.21. The van der Waals surface area contributed by atoms with Crippen molar-refractivity contribution in [1.29, 1.82) is 0 Å². The first-order valence-electron chi connectivity index (χ1n) is 6.58. The predicted octanol–water partition coefficient (Wildman–Crippen LogP) is 3.68. The lowest BCUT2D eigenvalue weighted by Crippen LogP contribution is -2.45. The van der Waals surface area contributed by atoms with Gasteiger partial charge in [0.15, 0.2) is 0 Å². The number of benzene rings is 1. The predicted molar refractivity (Wildman–Crippen MR) is 81.1 cm³/mol. The molecule has 0 saturated carbocycles. The van der Waals surface area contributed by atoms with E-state index < -0.39 is 0 Å². The number of nitrogens with one attached hydrogen (secondary N) is 1. The van der Waals surface area contributed by atoms with Crippen LogP contribution in [0.3, 0.4) is 0 Å². The summed E-state index contributed by atoms with van der Waals surface area (Å²) in [4.78, 5) is 2.51. The van der Waals surface area contributed by atoms with Crippen LogP contribution in [0.5, 0.6) is 0 Å². The molecule has 0 spiro atoms. The number of nitrogens with zero attached hydrogens (tertiary/aromatic N) is 1. The first kappa shape index (κ1) is 14.3. The molecule has 0 radical (unpaired) electrons. The minimum Gasteiger partial charge on any atom is -0.309 e. The monoisotopic (exact) mass is 330 g/mol. The van der Waals surface area contributed by atoms with Crippen LogP contribution in [0, 0.1) is 0 Å². The third-order valence-electron chi connectivity index (χ3n) is 3.54. The SMILES string of the molecule is CCN1CCCC(NCc2cc(Cl)ccc2Br)C1. The summed E-state index contributed by atoms with van der Waals surface area (Å²) in [6.07, 6.45) is 2.57. The maximum absolute atomic E-state index is 6.03. The molecule has 4 heteroatoms. The number of hydrogen-bond donors (Lipinski definition) is 1. The Morgan fingerprint density at radius 3 is 3.11 bits per heavy atom. The van der Waals surface area contributed by atoms with E-state index in [1.54, 1.807) is 0 Å². The summed E-state index contributed by atoms with van der Waals surface area (Å²) >= 11 is 9.60. The zero-order valence-corrected chi connectivity index (χ0v) is 13.1. The fourth-order valence-electron chi connectivity index (χ4n) is 2.44. The van der Waals surface area contributed by atoms with Crippen LogP contribution < -0.4 is 5.32 Å². The Morgan fingerprint density at radius 1 is 1.50 bits per heavy atom. The second-order valence-corrected chi connectivity index (χ2v) is 6.14. The number of rotatable bonds is 4. The first-order valence-corrected chi connectivity index (χ1v) is 7.76.